The first-order valence-electron chi connectivity index (χ1n) is 4.86. The smallest absolute Gasteiger partial charge is 0.131 e. The van der Waals surface area contributed by atoms with Crippen LogP contribution < -0.4 is 9.47 Å². The van der Waals surface area contributed by atoms with Crippen LogP contribution in [0.3, 0.4) is 0 Å². The van der Waals surface area contributed by atoms with Crippen molar-refractivity contribution in [1.82, 2.24) is 0 Å². The monoisotopic (exact) mass is 210 g/mol. The summed E-state index contributed by atoms with van der Waals surface area (Å²) in [6.45, 7) is 5.37. The Kier molecular flexibility index (Phi) is 3.25. The van der Waals surface area contributed by atoms with Crippen LogP contribution in [0.4, 0.5) is 0 Å². The molecule has 3 heteroatoms. The third-order valence-electron chi connectivity index (χ3n) is 2.35. The van der Waals surface area contributed by atoms with Gasteiger partial charge in [0.25, 0.3) is 0 Å². The van der Waals surface area contributed by atoms with E-state index >= 15 is 0 Å². The van der Waals surface area contributed by atoms with Crippen molar-refractivity contribution in [3.8, 4) is 11.5 Å². The summed E-state index contributed by atoms with van der Waals surface area (Å²) in [7, 11) is 3.18. The van der Waals surface area contributed by atoms with E-state index in [9.17, 15) is 5.11 Å². The van der Waals surface area contributed by atoms with E-state index in [1.807, 2.05) is 19.1 Å². The fraction of sp³-hybridized carbons (Fsp3) is 0.500. The van der Waals surface area contributed by atoms with Crippen LogP contribution in [0.1, 0.15) is 25.0 Å². The van der Waals surface area contributed by atoms with Gasteiger partial charge in [-0.25, -0.2) is 0 Å². The Hall–Kier alpha value is -1.22. The number of ether oxygens (including phenoxy) is 2. The highest BCUT2D eigenvalue weighted by Gasteiger charge is 2.26. The molecule has 15 heavy (non-hydrogen) atoms. The van der Waals surface area contributed by atoms with Crippen molar-refractivity contribution in [2.75, 3.05) is 14.2 Å². The molecule has 0 saturated heterocycles. The van der Waals surface area contributed by atoms with Crippen molar-refractivity contribution < 1.29 is 14.6 Å². The van der Waals surface area contributed by atoms with Crippen LogP contribution in [0.15, 0.2) is 12.1 Å². The van der Waals surface area contributed by atoms with Gasteiger partial charge in [0.1, 0.15) is 11.5 Å². The molecular formula is C12H18O3. The predicted octanol–water partition coefficient (Wildman–Crippen LogP) is 2.24. The molecule has 0 spiro atoms. The van der Waals surface area contributed by atoms with E-state index < -0.39 is 5.60 Å². The summed E-state index contributed by atoms with van der Waals surface area (Å²) in [5.74, 6) is 1.33. The third kappa shape index (κ3) is 2.23. The summed E-state index contributed by atoms with van der Waals surface area (Å²) >= 11 is 0. The molecule has 0 aliphatic carbocycles. The van der Waals surface area contributed by atoms with Crippen LogP contribution in [0.5, 0.6) is 11.5 Å². The maximum Gasteiger partial charge on any atom is 0.131 e. The van der Waals surface area contributed by atoms with Crippen molar-refractivity contribution in [1.29, 1.82) is 0 Å². The number of rotatable bonds is 3. The van der Waals surface area contributed by atoms with E-state index in [4.69, 9.17) is 9.47 Å². The van der Waals surface area contributed by atoms with Gasteiger partial charge >= 0.3 is 0 Å². The highest BCUT2D eigenvalue weighted by molar-refractivity contribution is 5.52. The second kappa shape index (κ2) is 4.11. The van der Waals surface area contributed by atoms with Crippen LogP contribution in [0.2, 0.25) is 0 Å². The molecule has 1 rings (SSSR count). The molecule has 84 valence electrons. The van der Waals surface area contributed by atoms with Gasteiger partial charge in [-0.1, -0.05) is 6.07 Å². The van der Waals surface area contributed by atoms with E-state index in [-0.39, 0.29) is 0 Å². The van der Waals surface area contributed by atoms with Crippen LogP contribution >= 0.6 is 0 Å². The summed E-state index contributed by atoms with van der Waals surface area (Å²) in [5.41, 5.74) is 0.686. The lowest BCUT2D eigenvalue weighted by Gasteiger charge is -2.24. The molecule has 0 amide bonds. The molecule has 1 aromatic rings. The SMILES string of the molecule is COc1ccc(C)c(OC)c1C(C)(C)O. The van der Waals surface area contributed by atoms with Gasteiger partial charge in [-0.15, -0.1) is 0 Å². The largest absolute Gasteiger partial charge is 0.496 e. The lowest BCUT2D eigenvalue weighted by atomic mass is 9.94. The van der Waals surface area contributed by atoms with Gasteiger partial charge in [0.15, 0.2) is 0 Å². The molecule has 1 N–H and O–H groups in total. The van der Waals surface area contributed by atoms with Gasteiger partial charge in [0, 0.05) is 0 Å². The molecule has 0 aliphatic heterocycles. The Morgan fingerprint density at radius 1 is 1.13 bits per heavy atom. The lowest BCUT2D eigenvalue weighted by Crippen LogP contribution is -2.18. The molecule has 3 nitrogen and oxygen atoms in total. The van der Waals surface area contributed by atoms with Crippen LogP contribution in [-0.2, 0) is 5.60 Å². The Balaban J connectivity index is 3.48. The third-order valence-corrected chi connectivity index (χ3v) is 2.35. The second-order valence-electron chi connectivity index (χ2n) is 4.05. The van der Waals surface area contributed by atoms with Gasteiger partial charge < -0.3 is 14.6 Å². The Morgan fingerprint density at radius 2 is 1.73 bits per heavy atom. The average molecular weight is 210 g/mol. The molecule has 0 saturated carbocycles. The van der Waals surface area contributed by atoms with Crippen molar-refractivity contribution in [2.24, 2.45) is 0 Å². The highest BCUT2D eigenvalue weighted by atomic mass is 16.5. The zero-order valence-electron chi connectivity index (χ0n) is 9.92. The highest BCUT2D eigenvalue weighted by Crippen LogP contribution is 2.39. The molecule has 0 aliphatic rings. The van der Waals surface area contributed by atoms with Crippen LogP contribution in [-0.4, -0.2) is 19.3 Å². The quantitative estimate of drug-likeness (QED) is 0.831. The fourth-order valence-corrected chi connectivity index (χ4v) is 1.68. The van der Waals surface area contributed by atoms with E-state index in [0.717, 1.165) is 5.56 Å². The summed E-state index contributed by atoms with van der Waals surface area (Å²) in [4.78, 5) is 0. The Morgan fingerprint density at radius 3 is 2.13 bits per heavy atom. The van der Waals surface area contributed by atoms with E-state index in [0.29, 0.717) is 17.1 Å². The summed E-state index contributed by atoms with van der Waals surface area (Å²) in [5, 5.41) is 10.1. The Bertz CT molecular complexity index is 351. The number of aliphatic hydroxyl groups is 1. The normalized spacial score (nSPS) is 11.3. The summed E-state index contributed by atoms with van der Waals surface area (Å²) in [6, 6.07) is 3.75. The van der Waals surface area contributed by atoms with Gasteiger partial charge in [0.2, 0.25) is 0 Å². The first-order chi connectivity index (χ1) is 6.91. The number of benzene rings is 1. The zero-order chi connectivity index (χ0) is 11.6. The number of methoxy groups -OCH3 is 2. The number of hydrogen-bond acceptors (Lipinski definition) is 3. The average Bonchev–Trinajstić information content (AvgIpc) is 2.15. The van der Waals surface area contributed by atoms with Crippen molar-refractivity contribution in [2.45, 2.75) is 26.4 Å². The van der Waals surface area contributed by atoms with E-state index in [2.05, 4.69) is 0 Å². The molecule has 0 aromatic heterocycles. The molecule has 0 heterocycles. The molecule has 1 aromatic carbocycles. The maximum absolute atomic E-state index is 10.1. The minimum atomic E-state index is -0.983. The molecule has 0 atom stereocenters. The van der Waals surface area contributed by atoms with Crippen molar-refractivity contribution >= 4 is 0 Å². The number of hydrogen-bond donors (Lipinski definition) is 1. The maximum atomic E-state index is 10.1. The summed E-state index contributed by atoms with van der Waals surface area (Å²) < 4.78 is 10.5. The topological polar surface area (TPSA) is 38.7 Å². The zero-order valence-corrected chi connectivity index (χ0v) is 9.92. The molecule has 0 radical (unpaired) electrons. The van der Waals surface area contributed by atoms with Crippen LogP contribution in [0, 0.1) is 6.92 Å². The molecule has 0 bridgehead atoms. The minimum Gasteiger partial charge on any atom is -0.496 e. The standard InChI is InChI=1S/C12H18O3/c1-8-6-7-9(14-4)10(11(8)15-5)12(2,3)13/h6-7,13H,1-5H3. The molecular weight excluding hydrogens is 192 g/mol. The fourth-order valence-electron chi connectivity index (χ4n) is 1.68. The summed E-state index contributed by atoms with van der Waals surface area (Å²) in [6.07, 6.45) is 0. The first kappa shape index (κ1) is 11.9. The minimum absolute atomic E-state index is 0.643. The van der Waals surface area contributed by atoms with E-state index in [1.165, 1.54) is 0 Å². The van der Waals surface area contributed by atoms with Gasteiger partial charge in [-0.2, -0.15) is 0 Å². The molecule has 0 fully saturated rings. The van der Waals surface area contributed by atoms with E-state index in [1.54, 1.807) is 28.1 Å². The van der Waals surface area contributed by atoms with Crippen molar-refractivity contribution in [3.63, 3.8) is 0 Å². The predicted molar refractivity (Wildman–Crippen MR) is 59.5 cm³/mol. The van der Waals surface area contributed by atoms with Crippen LogP contribution in [0.25, 0.3) is 0 Å². The van der Waals surface area contributed by atoms with Crippen molar-refractivity contribution in [3.05, 3.63) is 23.3 Å². The van der Waals surface area contributed by atoms with Gasteiger partial charge in [-0.3, -0.25) is 0 Å². The Labute approximate surface area is 90.6 Å². The molecule has 0 unspecified atom stereocenters. The first-order valence-corrected chi connectivity index (χ1v) is 4.86. The second-order valence-corrected chi connectivity index (χ2v) is 4.05. The van der Waals surface area contributed by atoms with Gasteiger partial charge in [0.05, 0.1) is 25.4 Å². The van der Waals surface area contributed by atoms with Gasteiger partial charge in [-0.05, 0) is 32.4 Å². The number of aryl methyl sites for hydroxylation is 1. The lowest BCUT2D eigenvalue weighted by molar-refractivity contribution is 0.0725.